The van der Waals surface area contributed by atoms with E-state index in [2.05, 4.69) is 15.3 Å². The SMILES string of the molecule is COc1ccc([C@@H]2CC(=O)Nc3nc(SCc4ccc(Cl)cc4)[nH]c(=O)c32)cc1O. The van der Waals surface area contributed by atoms with Crippen molar-refractivity contribution in [2.24, 2.45) is 0 Å². The largest absolute Gasteiger partial charge is 0.504 e. The number of halogens is 1. The van der Waals surface area contributed by atoms with Crippen molar-refractivity contribution in [1.29, 1.82) is 0 Å². The van der Waals surface area contributed by atoms with Gasteiger partial charge in [-0.05, 0) is 35.4 Å². The van der Waals surface area contributed by atoms with E-state index in [0.717, 1.165) is 5.56 Å². The van der Waals surface area contributed by atoms with Gasteiger partial charge < -0.3 is 20.1 Å². The maximum absolute atomic E-state index is 12.9. The Kier molecular flexibility index (Phi) is 5.69. The number of hydrogen-bond donors (Lipinski definition) is 3. The molecule has 0 aliphatic carbocycles. The van der Waals surface area contributed by atoms with Crippen molar-refractivity contribution in [1.82, 2.24) is 9.97 Å². The van der Waals surface area contributed by atoms with Gasteiger partial charge in [-0.3, -0.25) is 9.59 Å². The molecule has 0 bridgehead atoms. The first kappa shape index (κ1) is 20.3. The van der Waals surface area contributed by atoms with E-state index in [1.54, 1.807) is 24.3 Å². The highest BCUT2D eigenvalue weighted by atomic mass is 35.5. The summed E-state index contributed by atoms with van der Waals surface area (Å²) in [5, 5.41) is 13.9. The van der Waals surface area contributed by atoms with Crippen molar-refractivity contribution in [3.63, 3.8) is 0 Å². The number of nitrogens with one attached hydrogen (secondary N) is 2. The first-order chi connectivity index (χ1) is 14.4. The number of methoxy groups -OCH3 is 1. The monoisotopic (exact) mass is 443 g/mol. The van der Waals surface area contributed by atoms with Crippen LogP contribution in [0.2, 0.25) is 5.02 Å². The molecule has 2 heterocycles. The van der Waals surface area contributed by atoms with Crippen molar-refractivity contribution in [2.75, 3.05) is 12.4 Å². The number of fused-ring (bicyclic) bond motifs is 1. The number of H-pyrrole nitrogens is 1. The Labute approximate surface area is 181 Å². The Morgan fingerprint density at radius 1 is 1.23 bits per heavy atom. The molecular weight excluding hydrogens is 426 g/mol. The summed E-state index contributed by atoms with van der Waals surface area (Å²) in [5.41, 5.74) is 1.72. The highest BCUT2D eigenvalue weighted by Crippen LogP contribution is 2.38. The number of carbonyl (C=O) groups is 1. The summed E-state index contributed by atoms with van der Waals surface area (Å²) in [6.07, 6.45) is 0.0841. The molecule has 3 aromatic rings. The maximum Gasteiger partial charge on any atom is 0.257 e. The molecule has 2 aromatic carbocycles. The number of aromatic nitrogens is 2. The van der Waals surface area contributed by atoms with E-state index < -0.39 is 5.92 Å². The summed E-state index contributed by atoms with van der Waals surface area (Å²) in [5.74, 6) is 0.339. The van der Waals surface area contributed by atoms with E-state index in [1.807, 2.05) is 12.1 Å². The van der Waals surface area contributed by atoms with Crippen molar-refractivity contribution in [3.8, 4) is 11.5 Å². The lowest BCUT2D eigenvalue weighted by Crippen LogP contribution is -2.31. The van der Waals surface area contributed by atoms with Gasteiger partial charge in [-0.25, -0.2) is 4.98 Å². The van der Waals surface area contributed by atoms with Gasteiger partial charge in [0.2, 0.25) is 5.91 Å². The highest BCUT2D eigenvalue weighted by molar-refractivity contribution is 7.98. The van der Waals surface area contributed by atoms with Crippen LogP contribution in [0.1, 0.15) is 29.0 Å². The molecule has 1 atom stereocenters. The van der Waals surface area contributed by atoms with E-state index >= 15 is 0 Å². The van der Waals surface area contributed by atoms with Crippen LogP contribution in [-0.2, 0) is 10.5 Å². The highest BCUT2D eigenvalue weighted by Gasteiger charge is 2.31. The summed E-state index contributed by atoms with van der Waals surface area (Å²) in [4.78, 5) is 32.4. The standard InChI is InChI=1S/C21H18ClN3O4S/c1-29-16-7-4-12(8-15(16)26)14-9-17(27)23-19-18(14)20(28)25-21(24-19)30-10-11-2-5-13(22)6-3-11/h2-8,14,26H,9-10H2,1H3,(H2,23,24,25,27,28)/t14-/m0/s1. The van der Waals surface area contributed by atoms with Gasteiger partial charge in [0.25, 0.3) is 5.56 Å². The number of nitrogens with zero attached hydrogens (tertiary/aromatic N) is 1. The molecule has 9 heteroatoms. The average Bonchev–Trinajstić information content (AvgIpc) is 2.72. The van der Waals surface area contributed by atoms with Crippen LogP contribution in [0.3, 0.4) is 0 Å². The first-order valence-electron chi connectivity index (χ1n) is 9.13. The van der Waals surface area contributed by atoms with Crippen molar-refractivity contribution >= 4 is 35.1 Å². The van der Waals surface area contributed by atoms with E-state index in [0.29, 0.717) is 32.8 Å². The molecule has 3 N–H and O–H groups in total. The summed E-state index contributed by atoms with van der Waals surface area (Å²) < 4.78 is 5.07. The van der Waals surface area contributed by atoms with Crippen LogP contribution >= 0.6 is 23.4 Å². The maximum atomic E-state index is 12.9. The molecule has 0 unspecified atom stereocenters. The van der Waals surface area contributed by atoms with Crippen molar-refractivity contribution in [2.45, 2.75) is 23.2 Å². The molecule has 0 radical (unpaired) electrons. The van der Waals surface area contributed by atoms with Crippen LogP contribution in [-0.4, -0.2) is 28.1 Å². The Hall–Kier alpha value is -2.97. The molecule has 0 fully saturated rings. The Morgan fingerprint density at radius 3 is 2.70 bits per heavy atom. The van der Waals surface area contributed by atoms with Gasteiger partial charge in [-0.2, -0.15) is 0 Å². The van der Waals surface area contributed by atoms with Crippen molar-refractivity contribution < 1.29 is 14.6 Å². The number of phenols is 1. The average molecular weight is 444 g/mol. The number of amides is 1. The molecule has 154 valence electrons. The lowest BCUT2D eigenvalue weighted by atomic mass is 9.86. The topological polar surface area (TPSA) is 104 Å². The zero-order valence-electron chi connectivity index (χ0n) is 15.9. The van der Waals surface area contributed by atoms with E-state index in [-0.39, 0.29) is 29.5 Å². The van der Waals surface area contributed by atoms with Gasteiger partial charge >= 0.3 is 0 Å². The van der Waals surface area contributed by atoms with Crippen LogP contribution in [0.5, 0.6) is 11.5 Å². The number of anilines is 1. The van der Waals surface area contributed by atoms with Gasteiger partial charge in [-0.1, -0.05) is 41.6 Å². The van der Waals surface area contributed by atoms with Crippen molar-refractivity contribution in [3.05, 3.63) is 74.5 Å². The van der Waals surface area contributed by atoms with Crippen LogP contribution in [0.25, 0.3) is 0 Å². The summed E-state index contributed by atoms with van der Waals surface area (Å²) >= 11 is 7.26. The molecule has 1 aromatic heterocycles. The smallest absolute Gasteiger partial charge is 0.257 e. The Balaban J connectivity index is 1.65. The van der Waals surface area contributed by atoms with Gasteiger partial charge in [0, 0.05) is 23.1 Å². The number of thioether (sulfide) groups is 1. The summed E-state index contributed by atoms with van der Waals surface area (Å²) in [6, 6.07) is 12.3. The number of phenolic OH excluding ortho intramolecular Hbond substituents is 1. The van der Waals surface area contributed by atoms with Gasteiger partial charge in [0.05, 0.1) is 12.7 Å². The minimum absolute atomic E-state index is 0.0536. The number of benzene rings is 2. The normalized spacial score (nSPS) is 15.4. The zero-order chi connectivity index (χ0) is 21.3. The van der Waals surface area contributed by atoms with E-state index in [9.17, 15) is 14.7 Å². The molecule has 1 aliphatic rings. The molecule has 4 rings (SSSR count). The number of ether oxygens (including phenoxy) is 1. The third kappa shape index (κ3) is 4.15. The minimum Gasteiger partial charge on any atom is -0.504 e. The molecular formula is C21H18ClN3O4S. The van der Waals surface area contributed by atoms with Crippen LogP contribution in [0, 0.1) is 0 Å². The molecule has 1 aliphatic heterocycles. The Morgan fingerprint density at radius 2 is 2.00 bits per heavy atom. The van der Waals surface area contributed by atoms with E-state index in [4.69, 9.17) is 16.3 Å². The number of aromatic amines is 1. The number of aromatic hydroxyl groups is 1. The first-order valence-corrected chi connectivity index (χ1v) is 10.5. The third-order valence-electron chi connectivity index (χ3n) is 4.82. The second-order valence-electron chi connectivity index (χ2n) is 6.78. The fourth-order valence-corrected chi connectivity index (χ4v) is 4.30. The second kappa shape index (κ2) is 8.41. The lowest BCUT2D eigenvalue weighted by Gasteiger charge is -2.24. The summed E-state index contributed by atoms with van der Waals surface area (Å²) in [6.45, 7) is 0. The molecule has 1 amide bonds. The van der Waals surface area contributed by atoms with Gasteiger partial charge in [-0.15, -0.1) is 0 Å². The van der Waals surface area contributed by atoms with Gasteiger partial charge in [0.15, 0.2) is 16.7 Å². The third-order valence-corrected chi connectivity index (χ3v) is 6.02. The van der Waals surface area contributed by atoms with Gasteiger partial charge in [0.1, 0.15) is 5.82 Å². The minimum atomic E-state index is -0.517. The lowest BCUT2D eigenvalue weighted by molar-refractivity contribution is -0.116. The van der Waals surface area contributed by atoms with Crippen LogP contribution in [0.15, 0.2) is 52.4 Å². The quantitative estimate of drug-likeness (QED) is 0.408. The number of hydrogen-bond acceptors (Lipinski definition) is 6. The number of carbonyl (C=O) groups excluding carboxylic acids is 1. The van der Waals surface area contributed by atoms with E-state index in [1.165, 1.54) is 24.9 Å². The molecule has 0 saturated carbocycles. The molecule has 30 heavy (non-hydrogen) atoms. The van der Waals surface area contributed by atoms with Crippen LogP contribution < -0.4 is 15.6 Å². The zero-order valence-corrected chi connectivity index (χ0v) is 17.5. The second-order valence-corrected chi connectivity index (χ2v) is 8.19. The molecule has 0 saturated heterocycles. The number of rotatable bonds is 5. The predicted molar refractivity (Wildman–Crippen MR) is 116 cm³/mol. The summed E-state index contributed by atoms with van der Waals surface area (Å²) in [7, 11) is 1.45. The fraction of sp³-hybridized carbons (Fsp3) is 0.190. The predicted octanol–water partition coefficient (Wildman–Crippen LogP) is 3.90. The fourth-order valence-electron chi connectivity index (χ4n) is 3.36. The van der Waals surface area contributed by atoms with Crippen LogP contribution in [0.4, 0.5) is 5.82 Å². The Bertz CT molecular complexity index is 1160. The molecule has 0 spiro atoms. The molecule has 7 nitrogen and oxygen atoms in total.